The topological polar surface area (TPSA) is 51.8 Å². The molecule has 0 amide bonds. The molecule has 2 aromatic rings. The summed E-state index contributed by atoms with van der Waals surface area (Å²) in [6.07, 6.45) is 2.56. The van der Waals surface area contributed by atoms with Gasteiger partial charge in [0.25, 0.3) is 0 Å². The average molecular weight is 269 g/mol. The monoisotopic (exact) mass is 269 g/mol. The first-order chi connectivity index (χ1) is 9.56. The predicted molar refractivity (Wildman–Crippen MR) is 82.7 cm³/mol. The Morgan fingerprint density at radius 2 is 1.80 bits per heavy atom. The van der Waals surface area contributed by atoms with Crippen molar-refractivity contribution in [3.8, 4) is 0 Å². The molecular weight excluding hydrogens is 246 g/mol. The average Bonchev–Trinajstić information content (AvgIpc) is 2.40. The van der Waals surface area contributed by atoms with Gasteiger partial charge in [-0.3, -0.25) is 0 Å². The summed E-state index contributed by atoms with van der Waals surface area (Å²) < 4.78 is 0. The number of hydrogen-bond acceptors (Lipinski definition) is 3. The van der Waals surface area contributed by atoms with E-state index in [4.69, 9.17) is 5.73 Å². The third-order valence-corrected chi connectivity index (χ3v) is 3.43. The van der Waals surface area contributed by atoms with Crippen LogP contribution < -0.4 is 5.73 Å². The molecular formula is C17H23N3. The van der Waals surface area contributed by atoms with E-state index in [1.54, 1.807) is 0 Å². The summed E-state index contributed by atoms with van der Waals surface area (Å²) in [4.78, 5) is 9.18. The van der Waals surface area contributed by atoms with Crippen LogP contribution in [0.4, 0.5) is 0 Å². The van der Waals surface area contributed by atoms with Gasteiger partial charge < -0.3 is 5.73 Å². The molecule has 0 saturated carbocycles. The molecule has 0 fully saturated rings. The van der Waals surface area contributed by atoms with E-state index in [0.717, 1.165) is 36.5 Å². The molecule has 0 aliphatic rings. The van der Waals surface area contributed by atoms with E-state index in [1.165, 1.54) is 11.1 Å². The molecule has 0 aliphatic heterocycles. The number of nitrogens with two attached hydrogens (primary N) is 1. The van der Waals surface area contributed by atoms with Gasteiger partial charge in [-0.15, -0.1) is 0 Å². The Bertz CT molecular complexity index is 561. The zero-order valence-corrected chi connectivity index (χ0v) is 12.6. The van der Waals surface area contributed by atoms with Gasteiger partial charge in [-0.25, -0.2) is 9.97 Å². The Hall–Kier alpha value is -1.74. The van der Waals surface area contributed by atoms with Gasteiger partial charge in [0.2, 0.25) is 0 Å². The van der Waals surface area contributed by atoms with Gasteiger partial charge in [0.15, 0.2) is 0 Å². The van der Waals surface area contributed by atoms with Gasteiger partial charge in [-0.05, 0) is 31.9 Å². The largest absolute Gasteiger partial charge is 0.327 e. The minimum absolute atomic E-state index is 0.177. The highest BCUT2D eigenvalue weighted by Gasteiger charge is 2.07. The third-order valence-electron chi connectivity index (χ3n) is 3.43. The van der Waals surface area contributed by atoms with Crippen molar-refractivity contribution in [3.63, 3.8) is 0 Å². The van der Waals surface area contributed by atoms with Crippen LogP contribution in [0.1, 0.15) is 41.7 Å². The first-order valence-electron chi connectivity index (χ1n) is 7.21. The lowest BCUT2D eigenvalue weighted by Gasteiger charge is -2.10. The standard InChI is InChI=1S/C17H23N3/c1-4-15(18)11-16-9-13(3)19-17(20-16)10-14-7-5-12(2)6-8-14/h5-9,15H,4,10-11,18H2,1-3H3. The van der Waals surface area contributed by atoms with Crippen molar-refractivity contribution >= 4 is 0 Å². The molecule has 106 valence electrons. The minimum atomic E-state index is 0.177. The summed E-state index contributed by atoms with van der Waals surface area (Å²) >= 11 is 0. The second-order valence-electron chi connectivity index (χ2n) is 5.45. The molecule has 0 bridgehead atoms. The number of aryl methyl sites for hydroxylation is 2. The summed E-state index contributed by atoms with van der Waals surface area (Å²) in [5.41, 5.74) is 10.6. The quantitative estimate of drug-likeness (QED) is 0.908. The van der Waals surface area contributed by atoms with Crippen molar-refractivity contribution in [2.24, 2.45) is 5.73 Å². The number of rotatable bonds is 5. The zero-order chi connectivity index (χ0) is 14.5. The number of aromatic nitrogens is 2. The lowest BCUT2D eigenvalue weighted by Crippen LogP contribution is -2.22. The van der Waals surface area contributed by atoms with Crippen molar-refractivity contribution in [2.45, 2.75) is 46.1 Å². The fourth-order valence-corrected chi connectivity index (χ4v) is 2.19. The highest BCUT2D eigenvalue weighted by Crippen LogP contribution is 2.10. The van der Waals surface area contributed by atoms with E-state index in [-0.39, 0.29) is 6.04 Å². The van der Waals surface area contributed by atoms with Crippen LogP contribution >= 0.6 is 0 Å². The lowest BCUT2D eigenvalue weighted by molar-refractivity contribution is 0.632. The molecule has 0 radical (unpaired) electrons. The van der Waals surface area contributed by atoms with E-state index >= 15 is 0 Å². The van der Waals surface area contributed by atoms with E-state index < -0.39 is 0 Å². The normalized spacial score (nSPS) is 12.4. The first kappa shape index (κ1) is 14.7. The van der Waals surface area contributed by atoms with E-state index in [1.807, 2.05) is 13.0 Å². The van der Waals surface area contributed by atoms with Crippen molar-refractivity contribution in [1.82, 2.24) is 9.97 Å². The minimum Gasteiger partial charge on any atom is -0.327 e. The van der Waals surface area contributed by atoms with E-state index in [9.17, 15) is 0 Å². The highest BCUT2D eigenvalue weighted by molar-refractivity contribution is 5.24. The van der Waals surface area contributed by atoms with Crippen LogP contribution in [0, 0.1) is 13.8 Å². The third kappa shape index (κ3) is 4.14. The van der Waals surface area contributed by atoms with Crippen LogP contribution in [0.25, 0.3) is 0 Å². The Morgan fingerprint density at radius 3 is 2.45 bits per heavy atom. The molecule has 0 spiro atoms. The summed E-state index contributed by atoms with van der Waals surface area (Å²) in [6, 6.07) is 10.7. The van der Waals surface area contributed by atoms with Gasteiger partial charge in [0.05, 0.1) is 0 Å². The molecule has 1 heterocycles. The maximum absolute atomic E-state index is 6.01. The first-order valence-corrected chi connectivity index (χ1v) is 7.21. The predicted octanol–water partition coefficient (Wildman–Crippen LogP) is 2.96. The van der Waals surface area contributed by atoms with Gasteiger partial charge in [0, 0.05) is 30.3 Å². The molecule has 3 heteroatoms. The maximum Gasteiger partial charge on any atom is 0.133 e. The number of benzene rings is 1. The smallest absolute Gasteiger partial charge is 0.133 e. The molecule has 2 rings (SSSR count). The Kier molecular flexibility index (Phi) is 4.85. The lowest BCUT2D eigenvalue weighted by atomic mass is 10.1. The molecule has 0 aliphatic carbocycles. The molecule has 0 saturated heterocycles. The summed E-state index contributed by atoms with van der Waals surface area (Å²) in [5, 5.41) is 0. The fourth-order valence-electron chi connectivity index (χ4n) is 2.19. The van der Waals surface area contributed by atoms with Crippen LogP contribution in [0.5, 0.6) is 0 Å². The number of nitrogens with zero attached hydrogens (tertiary/aromatic N) is 2. The Labute approximate surface area is 121 Å². The second kappa shape index (κ2) is 6.62. The summed E-state index contributed by atoms with van der Waals surface area (Å²) in [5.74, 6) is 0.882. The Morgan fingerprint density at radius 1 is 1.10 bits per heavy atom. The maximum atomic E-state index is 6.01. The number of hydrogen-bond donors (Lipinski definition) is 1. The molecule has 1 aromatic heterocycles. The summed E-state index contributed by atoms with van der Waals surface area (Å²) in [6.45, 7) is 6.21. The van der Waals surface area contributed by atoms with Gasteiger partial charge in [-0.1, -0.05) is 36.8 Å². The van der Waals surface area contributed by atoms with Gasteiger partial charge >= 0.3 is 0 Å². The molecule has 20 heavy (non-hydrogen) atoms. The van der Waals surface area contributed by atoms with Crippen LogP contribution in [0.2, 0.25) is 0 Å². The van der Waals surface area contributed by atoms with Crippen molar-refractivity contribution < 1.29 is 0 Å². The van der Waals surface area contributed by atoms with Crippen molar-refractivity contribution in [3.05, 3.63) is 58.7 Å². The molecule has 1 aromatic carbocycles. The fraction of sp³-hybridized carbons (Fsp3) is 0.412. The van der Waals surface area contributed by atoms with Crippen LogP contribution in [-0.2, 0) is 12.8 Å². The van der Waals surface area contributed by atoms with Crippen molar-refractivity contribution in [1.29, 1.82) is 0 Å². The molecule has 1 atom stereocenters. The molecule has 1 unspecified atom stereocenters. The van der Waals surface area contributed by atoms with Crippen molar-refractivity contribution in [2.75, 3.05) is 0 Å². The van der Waals surface area contributed by atoms with E-state index in [2.05, 4.69) is 48.1 Å². The zero-order valence-electron chi connectivity index (χ0n) is 12.6. The second-order valence-corrected chi connectivity index (χ2v) is 5.45. The van der Waals surface area contributed by atoms with Gasteiger partial charge in [0.1, 0.15) is 5.82 Å². The Balaban J connectivity index is 2.17. The SMILES string of the molecule is CCC(N)Cc1cc(C)nc(Cc2ccc(C)cc2)n1. The molecule has 2 N–H and O–H groups in total. The van der Waals surface area contributed by atoms with E-state index in [0.29, 0.717) is 0 Å². The van der Waals surface area contributed by atoms with Crippen LogP contribution in [0.3, 0.4) is 0 Å². The van der Waals surface area contributed by atoms with Gasteiger partial charge in [-0.2, -0.15) is 0 Å². The molecule has 3 nitrogen and oxygen atoms in total. The van der Waals surface area contributed by atoms with Crippen LogP contribution in [0.15, 0.2) is 30.3 Å². The van der Waals surface area contributed by atoms with Crippen LogP contribution in [-0.4, -0.2) is 16.0 Å². The highest BCUT2D eigenvalue weighted by atomic mass is 14.9. The summed E-state index contributed by atoms with van der Waals surface area (Å²) in [7, 11) is 0.